The average molecular weight is 474 g/mol. The Morgan fingerprint density at radius 2 is 1.82 bits per heavy atom. The second-order valence-corrected chi connectivity index (χ2v) is 10.2. The molecule has 2 saturated carbocycles. The number of piperazine rings is 1. The zero-order chi connectivity index (χ0) is 23.2. The number of halogens is 2. The fourth-order valence-electron chi connectivity index (χ4n) is 4.89. The molecule has 0 unspecified atom stereocenters. The SMILES string of the molecule is N#CC1(NC(=O)[C@@H]2CCCC[C@H]2C(=O)N2CCN(c3nc4c(F)cc(F)cc4s3)CC2)CC1. The molecule has 2 aliphatic carbocycles. The molecule has 1 aromatic carbocycles. The van der Waals surface area contributed by atoms with Crippen molar-refractivity contribution in [3.8, 4) is 6.07 Å². The third kappa shape index (κ3) is 4.26. The molecule has 2 amide bonds. The molecule has 3 fully saturated rings. The van der Waals surface area contributed by atoms with Crippen molar-refractivity contribution in [2.24, 2.45) is 11.8 Å². The number of rotatable bonds is 4. The molecule has 174 valence electrons. The van der Waals surface area contributed by atoms with Gasteiger partial charge in [-0.2, -0.15) is 5.26 Å². The largest absolute Gasteiger partial charge is 0.345 e. The summed E-state index contributed by atoms with van der Waals surface area (Å²) in [4.78, 5) is 34.4. The molecule has 1 saturated heterocycles. The van der Waals surface area contributed by atoms with Crippen molar-refractivity contribution in [2.75, 3.05) is 31.1 Å². The Bertz CT molecular complexity index is 1130. The van der Waals surface area contributed by atoms with Gasteiger partial charge in [-0.3, -0.25) is 9.59 Å². The summed E-state index contributed by atoms with van der Waals surface area (Å²) in [5.74, 6) is -2.23. The highest BCUT2D eigenvalue weighted by Crippen LogP contribution is 2.38. The Labute approximate surface area is 194 Å². The minimum absolute atomic E-state index is 0.00581. The molecule has 7 nitrogen and oxygen atoms in total. The summed E-state index contributed by atoms with van der Waals surface area (Å²) >= 11 is 1.24. The standard InChI is InChI=1S/C23H25F2N5O2S/c24-14-11-17(25)19-18(12-14)33-22(27-19)30-9-7-29(8-10-30)21(32)16-4-2-1-3-15(16)20(31)28-23(13-26)5-6-23/h11-12,15-16H,1-10H2,(H,28,31)/t15-,16-/m1/s1. The lowest BCUT2D eigenvalue weighted by atomic mass is 9.77. The van der Waals surface area contributed by atoms with E-state index < -0.39 is 23.1 Å². The van der Waals surface area contributed by atoms with Crippen LogP contribution in [0.15, 0.2) is 12.1 Å². The predicted molar refractivity (Wildman–Crippen MR) is 119 cm³/mol. The maximum atomic E-state index is 14.0. The number of nitrogens with one attached hydrogen (secondary N) is 1. The molecule has 0 radical (unpaired) electrons. The number of nitrogens with zero attached hydrogens (tertiary/aromatic N) is 4. The molecule has 33 heavy (non-hydrogen) atoms. The Hall–Kier alpha value is -2.80. The van der Waals surface area contributed by atoms with Gasteiger partial charge < -0.3 is 15.1 Å². The molecule has 1 N–H and O–H groups in total. The number of carbonyl (C=O) groups excluding carboxylic acids is 2. The zero-order valence-electron chi connectivity index (χ0n) is 18.1. The first-order chi connectivity index (χ1) is 15.9. The number of hydrogen-bond acceptors (Lipinski definition) is 6. The van der Waals surface area contributed by atoms with Crippen LogP contribution in [0.5, 0.6) is 0 Å². The number of carbonyl (C=O) groups is 2. The van der Waals surface area contributed by atoms with E-state index in [1.54, 1.807) is 4.90 Å². The van der Waals surface area contributed by atoms with Crippen LogP contribution in [0.2, 0.25) is 0 Å². The number of fused-ring (bicyclic) bond motifs is 1. The second kappa shape index (κ2) is 8.52. The van der Waals surface area contributed by atoms with Gasteiger partial charge in [0.1, 0.15) is 16.9 Å². The topological polar surface area (TPSA) is 89.3 Å². The maximum Gasteiger partial charge on any atom is 0.226 e. The minimum atomic E-state index is -0.729. The first-order valence-electron chi connectivity index (χ1n) is 11.4. The van der Waals surface area contributed by atoms with E-state index in [2.05, 4.69) is 16.4 Å². The van der Waals surface area contributed by atoms with Crippen molar-refractivity contribution < 1.29 is 18.4 Å². The van der Waals surface area contributed by atoms with Crippen LogP contribution >= 0.6 is 11.3 Å². The highest BCUT2D eigenvalue weighted by atomic mass is 32.1. The predicted octanol–water partition coefficient (Wildman–Crippen LogP) is 3.20. The summed E-state index contributed by atoms with van der Waals surface area (Å²) in [6.07, 6.45) is 4.51. The fourth-order valence-corrected chi connectivity index (χ4v) is 5.95. The van der Waals surface area contributed by atoms with E-state index in [1.165, 1.54) is 17.4 Å². The van der Waals surface area contributed by atoms with Gasteiger partial charge in [0, 0.05) is 44.1 Å². The molecule has 2 aromatic rings. The first kappa shape index (κ1) is 22.0. The van der Waals surface area contributed by atoms with E-state index >= 15 is 0 Å². The van der Waals surface area contributed by atoms with Crippen LogP contribution in [-0.2, 0) is 9.59 Å². The van der Waals surface area contributed by atoms with Crippen LogP contribution in [0.4, 0.5) is 13.9 Å². The summed E-state index contributed by atoms with van der Waals surface area (Å²) in [6, 6.07) is 4.30. The lowest BCUT2D eigenvalue weighted by Crippen LogP contribution is -2.53. The van der Waals surface area contributed by atoms with Gasteiger partial charge in [0.25, 0.3) is 0 Å². The molecule has 2 atom stereocenters. The molecule has 1 aliphatic heterocycles. The van der Waals surface area contributed by atoms with Crippen LogP contribution in [0.1, 0.15) is 38.5 Å². The molecular formula is C23H25F2N5O2S. The van der Waals surface area contributed by atoms with Gasteiger partial charge >= 0.3 is 0 Å². The average Bonchev–Trinajstić information content (AvgIpc) is 3.46. The summed E-state index contributed by atoms with van der Waals surface area (Å²) in [5.41, 5.74) is -0.565. The van der Waals surface area contributed by atoms with Gasteiger partial charge in [-0.05, 0) is 31.7 Å². The van der Waals surface area contributed by atoms with E-state index in [1.807, 2.05) is 4.90 Å². The van der Waals surface area contributed by atoms with Crippen LogP contribution in [0, 0.1) is 34.8 Å². The Morgan fingerprint density at radius 1 is 1.12 bits per heavy atom. The van der Waals surface area contributed by atoms with Crippen LogP contribution in [0.3, 0.4) is 0 Å². The summed E-state index contributed by atoms with van der Waals surface area (Å²) < 4.78 is 28.0. The van der Waals surface area contributed by atoms with Gasteiger partial charge in [-0.25, -0.2) is 13.8 Å². The van der Waals surface area contributed by atoms with Crippen LogP contribution < -0.4 is 10.2 Å². The van der Waals surface area contributed by atoms with Gasteiger partial charge in [0.05, 0.1) is 10.8 Å². The number of thiazole rings is 1. The molecule has 5 rings (SSSR count). The quantitative estimate of drug-likeness (QED) is 0.737. The lowest BCUT2D eigenvalue weighted by molar-refractivity contribution is -0.144. The van der Waals surface area contributed by atoms with Gasteiger partial charge in [-0.15, -0.1) is 0 Å². The smallest absolute Gasteiger partial charge is 0.226 e. The molecule has 0 spiro atoms. The number of amides is 2. The van der Waals surface area contributed by atoms with Gasteiger partial charge in [-0.1, -0.05) is 24.2 Å². The summed E-state index contributed by atoms with van der Waals surface area (Å²) in [6.45, 7) is 2.05. The number of anilines is 1. The summed E-state index contributed by atoms with van der Waals surface area (Å²) in [7, 11) is 0. The monoisotopic (exact) mass is 473 g/mol. The molecule has 2 heterocycles. The van der Waals surface area contributed by atoms with E-state index in [-0.39, 0.29) is 23.2 Å². The first-order valence-corrected chi connectivity index (χ1v) is 12.2. The van der Waals surface area contributed by atoms with E-state index in [0.717, 1.165) is 18.9 Å². The number of benzene rings is 1. The molecule has 10 heteroatoms. The normalized spacial score (nSPS) is 24.4. The van der Waals surface area contributed by atoms with Crippen LogP contribution in [0.25, 0.3) is 10.2 Å². The maximum absolute atomic E-state index is 14.0. The molecule has 3 aliphatic rings. The second-order valence-electron chi connectivity index (χ2n) is 9.22. The van der Waals surface area contributed by atoms with E-state index in [9.17, 15) is 23.6 Å². The lowest BCUT2D eigenvalue weighted by Gasteiger charge is -2.39. The Kier molecular flexibility index (Phi) is 5.69. The Balaban J connectivity index is 1.23. The number of nitriles is 1. The number of hydrogen-bond donors (Lipinski definition) is 1. The van der Waals surface area contributed by atoms with Gasteiger partial charge in [0.2, 0.25) is 11.8 Å². The molecular weight excluding hydrogens is 448 g/mol. The van der Waals surface area contributed by atoms with E-state index in [4.69, 9.17) is 0 Å². The van der Waals surface area contributed by atoms with Crippen molar-refractivity contribution in [2.45, 2.75) is 44.1 Å². The highest BCUT2D eigenvalue weighted by Gasteiger charge is 2.47. The fraction of sp³-hybridized carbons (Fsp3) is 0.565. The zero-order valence-corrected chi connectivity index (χ0v) is 19.0. The van der Waals surface area contributed by atoms with Gasteiger partial charge in [0.15, 0.2) is 10.9 Å². The van der Waals surface area contributed by atoms with Crippen molar-refractivity contribution in [3.63, 3.8) is 0 Å². The molecule has 1 aromatic heterocycles. The number of aromatic nitrogens is 1. The summed E-state index contributed by atoms with van der Waals surface area (Å²) in [5, 5.41) is 12.8. The van der Waals surface area contributed by atoms with Crippen molar-refractivity contribution in [1.82, 2.24) is 15.2 Å². The van der Waals surface area contributed by atoms with E-state index in [0.29, 0.717) is 61.7 Å². The third-order valence-corrected chi connectivity index (χ3v) is 8.07. The highest BCUT2D eigenvalue weighted by molar-refractivity contribution is 7.22. The third-order valence-electron chi connectivity index (χ3n) is 7.01. The molecule has 0 bridgehead atoms. The minimum Gasteiger partial charge on any atom is -0.345 e. The van der Waals surface area contributed by atoms with Crippen molar-refractivity contribution >= 4 is 38.5 Å². The van der Waals surface area contributed by atoms with Crippen molar-refractivity contribution in [1.29, 1.82) is 5.26 Å². The van der Waals surface area contributed by atoms with Crippen molar-refractivity contribution in [3.05, 3.63) is 23.8 Å². The van der Waals surface area contributed by atoms with Crippen LogP contribution in [-0.4, -0.2) is 53.4 Å². The Morgan fingerprint density at radius 3 is 2.48 bits per heavy atom.